The summed E-state index contributed by atoms with van der Waals surface area (Å²) in [7, 11) is 0. The molecule has 17 heavy (non-hydrogen) atoms. The summed E-state index contributed by atoms with van der Waals surface area (Å²) >= 11 is 0. The van der Waals surface area contributed by atoms with Crippen molar-refractivity contribution in [3.05, 3.63) is 0 Å². The molecule has 1 unspecified atom stereocenters. The molecule has 1 atom stereocenters. The molecular weight excluding hydrogens is 214 g/mol. The largest absolute Gasteiger partial charge is 0.480 e. The molecule has 1 aliphatic heterocycles. The molecule has 0 aromatic carbocycles. The number of carboxylic acid groups (broad SMARTS) is 1. The quantitative estimate of drug-likeness (QED) is 0.728. The van der Waals surface area contributed by atoms with Crippen molar-refractivity contribution >= 4 is 5.97 Å². The van der Waals surface area contributed by atoms with Gasteiger partial charge in [-0.1, -0.05) is 38.5 Å². The molecular formula is C14H25NO2. The van der Waals surface area contributed by atoms with E-state index in [2.05, 4.69) is 5.32 Å². The molecule has 1 heterocycles. The standard InChI is InChI=1S/C14H25NO2/c16-13(17)14(10-6-3-7-11-15-14)12-8-4-1-2-5-9-12/h12,15H,1-11H2,(H,16,17). The van der Waals surface area contributed by atoms with Crippen LogP contribution in [0.25, 0.3) is 0 Å². The Morgan fingerprint density at radius 2 is 1.65 bits per heavy atom. The lowest BCUT2D eigenvalue weighted by molar-refractivity contribution is -0.148. The first-order valence-corrected chi connectivity index (χ1v) is 7.24. The Morgan fingerprint density at radius 1 is 1.00 bits per heavy atom. The maximum atomic E-state index is 11.8. The molecule has 1 saturated carbocycles. The monoisotopic (exact) mass is 239 g/mol. The van der Waals surface area contributed by atoms with Crippen LogP contribution in [-0.4, -0.2) is 23.2 Å². The van der Waals surface area contributed by atoms with Gasteiger partial charge in [0.25, 0.3) is 0 Å². The number of hydrogen-bond acceptors (Lipinski definition) is 2. The molecule has 0 radical (unpaired) electrons. The SMILES string of the molecule is O=C(O)C1(C2CCCCCC2)CCCCCN1. The van der Waals surface area contributed by atoms with Gasteiger partial charge in [-0.3, -0.25) is 4.79 Å². The van der Waals surface area contributed by atoms with Gasteiger partial charge in [0.1, 0.15) is 5.54 Å². The lowest BCUT2D eigenvalue weighted by Gasteiger charge is -2.37. The minimum absolute atomic E-state index is 0.348. The predicted molar refractivity (Wildman–Crippen MR) is 68.0 cm³/mol. The first-order valence-electron chi connectivity index (χ1n) is 7.24. The molecule has 1 saturated heterocycles. The molecule has 2 fully saturated rings. The Hall–Kier alpha value is -0.570. The zero-order valence-electron chi connectivity index (χ0n) is 10.7. The van der Waals surface area contributed by atoms with Gasteiger partial charge in [-0.05, 0) is 38.1 Å². The molecule has 98 valence electrons. The Labute approximate surface area is 104 Å². The van der Waals surface area contributed by atoms with Gasteiger partial charge in [0.05, 0.1) is 0 Å². The molecule has 1 aliphatic carbocycles. The normalized spacial score (nSPS) is 32.7. The van der Waals surface area contributed by atoms with Crippen LogP contribution in [0.4, 0.5) is 0 Å². The molecule has 2 rings (SSSR count). The summed E-state index contributed by atoms with van der Waals surface area (Å²) in [5.41, 5.74) is -0.610. The van der Waals surface area contributed by atoms with Crippen molar-refractivity contribution in [3.63, 3.8) is 0 Å². The Morgan fingerprint density at radius 3 is 2.29 bits per heavy atom. The first-order chi connectivity index (χ1) is 8.26. The fraction of sp³-hybridized carbons (Fsp3) is 0.929. The molecule has 2 aliphatic rings. The molecule has 0 aromatic heterocycles. The van der Waals surface area contributed by atoms with Crippen LogP contribution < -0.4 is 5.32 Å². The summed E-state index contributed by atoms with van der Waals surface area (Å²) in [6, 6.07) is 0. The smallest absolute Gasteiger partial charge is 0.324 e. The second-order valence-electron chi connectivity index (χ2n) is 5.70. The third-order valence-corrected chi connectivity index (χ3v) is 4.62. The van der Waals surface area contributed by atoms with E-state index in [4.69, 9.17) is 0 Å². The van der Waals surface area contributed by atoms with Gasteiger partial charge in [0, 0.05) is 0 Å². The van der Waals surface area contributed by atoms with Gasteiger partial charge in [-0.2, -0.15) is 0 Å². The summed E-state index contributed by atoms with van der Waals surface area (Å²) < 4.78 is 0. The van der Waals surface area contributed by atoms with Crippen molar-refractivity contribution in [1.29, 1.82) is 0 Å². The fourth-order valence-corrected chi connectivity index (χ4v) is 3.58. The minimum Gasteiger partial charge on any atom is -0.480 e. The maximum Gasteiger partial charge on any atom is 0.324 e. The van der Waals surface area contributed by atoms with E-state index in [1.54, 1.807) is 0 Å². The number of nitrogens with one attached hydrogen (secondary N) is 1. The second kappa shape index (κ2) is 5.85. The Balaban J connectivity index is 2.15. The summed E-state index contributed by atoms with van der Waals surface area (Å²) in [5.74, 6) is -0.257. The van der Waals surface area contributed by atoms with E-state index in [1.807, 2.05) is 0 Å². The molecule has 0 aromatic rings. The summed E-state index contributed by atoms with van der Waals surface area (Å²) in [6.45, 7) is 0.878. The van der Waals surface area contributed by atoms with Crippen LogP contribution in [0.15, 0.2) is 0 Å². The van der Waals surface area contributed by atoms with E-state index in [0.29, 0.717) is 5.92 Å². The molecule has 2 N–H and O–H groups in total. The Kier molecular flexibility index (Phi) is 4.43. The van der Waals surface area contributed by atoms with Gasteiger partial charge in [-0.15, -0.1) is 0 Å². The summed E-state index contributed by atoms with van der Waals surface area (Å²) in [6.07, 6.45) is 11.4. The fourth-order valence-electron chi connectivity index (χ4n) is 3.58. The van der Waals surface area contributed by atoms with E-state index < -0.39 is 11.5 Å². The topological polar surface area (TPSA) is 49.3 Å². The highest BCUT2D eigenvalue weighted by Gasteiger charge is 2.45. The van der Waals surface area contributed by atoms with E-state index in [-0.39, 0.29) is 0 Å². The average Bonchev–Trinajstić information content (AvgIpc) is 2.72. The number of hydrogen-bond donors (Lipinski definition) is 2. The predicted octanol–water partition coefficient (Wildman–Crippen LogP) is 2.94. The van der Waals surface area contributed by atoms with Gasteiger partial charge in [0.2, 0.25) is 0 Å². The maximum absolute atomic E-state index is 11.8. The van der Waals surface area contributed by atoms with E-state index in [1.165, 1.54) is 32.1 Å². The van der Waals surface area contributed by atoms with Crippen molar-refractivity contribution < 1.29 is 9.90 Å². The van der Waals surface area contributed by atoms with Crippen molar-refractivity contribution in [2.45, 2.75) is 69.7 Å². The number of carboxylic acids is 1. The van der Waals surface area contributed by atoms with Crippen LogP contribution >= 0.6 is 0 Å². The summed E-state index contributed by atoms with van der Waals surface area (Å²) in [5, 5.41) is 13.1. The van der Waals surface area contributed by atoms with E-state index in [0.717, 1.165) is 38.6 Å². The van der Waals surface area contributed by atoms with Gasteiger partial charge in [0.15, 0.2) is 0 Å². The highest BCUT2D eigenvalue weighted by molar-refractivity contribution is 5.79. The number of aliphatic carboxylic acids is 1. The van der Waals surface area contributed by atoms with Crippen molar-refractivity contribution in [3.8, 4) is 0 Å². The van der Waals surface area contributed by atoms with Gasteiger partial charge >= 0.3 is 5.97 Å². The van der Waals surface area contributed by atoms with Gasteiger partial charge < -0.3 is 10.4 Å². The number of carbonyl (C=O) groups is 1. The minimum atomic E-state index is -0.610. The lowest BCUT2D eigenvalue weighted by atomic mass is 9.76. The van der Waals surface area contributed by atoms with Crippen LogP contribution in [0.5, 0.6) is 0 Å². The highest BCUT2D eigenvalue weighted by atomic mass is 16.4. The Bertz CT molecular complexity index is 249. The van der Waals surface area contributed by atoms with Crippen LogP contribution in [0, 0.1) is 5.92 Å². The van der Waals surface area contributed by atoms with Gasteiger partial charge in [-0.25, -0.2) is 0 Å². The number of rotatable bonds is 2. The van der Waals surface area contributed by atoms with Crippen LogP contribution in [0.1, 0.15) is 64.2 Å². The van der Waals surface area contributed by atoms with Crippen LogP contribution in [0.3, 0.4) is 0 Å². The molecule has 0 amide bonds. The lowest BCUT2D eigenvalue weighted by Crippen LogP contribution is -2.57. The molecule has 0 spiro atoms. The van der Waals surface area contributed by atoms with Crippen LogP contribution in [-0.2, 0) is 4.79 Å². The third kappa shape index (κ3) is 2.82. The van der Waals surface area contributed by atoms with Crippen molar-refractivity contribution in [2.24, 2.45) is 5.92 Å². The van der Waals surface area contributed by atoms with Crippen molar-refractivity contribution in [2.75, 3.05) is 6.54 Å². The molecule has 3 heteroatoms. The average molecular weight is 239 g/mol. The summed E-state index contributed by atoms with van der Waals surface area (Å²) in [4.78, 5) is 11.8. The first kappa shape index (κ1) is 12.9. The van der Waals surface area contributed by atoms with Crippen LogP contribution in [0.2, 0.25) is 0 Å². The zero-order chi connectivity index (χ0) is 12.1. The molecule has 3 nitrogen and oxygen atoms in total. The highest BCUT2D eigenvalue weighted by Crippen LogP contribution is 2.36. The van der Waals surface area contributed by atoms with E-state index >= 15 is 0 Å². The molecule has 0 bridgehead atoms. The van der Waals surface area contributed by atoms with Crippen molar-refractivity contribution in [1.82, 2.24) is 5.32 Å². The second-order valence-corrected chi connectivity index (χ2v) is 5.70. The zero-order valence-corrected chi connectivity index (χ0v) is 10.7. The van der Waals surface area contributed by atoms with E-state index in [9.17, 15) is 9.90 Å². The third-order valence-electron chi connectivity index (χ3n) is 4.62.